The van der Waals surface area contributed by atoms with E-state index in [1.165, 1.54) is 30.8 Å². The fourth-order valence-corrected chi connectivity index (χ4v) is 3.03. The number of rotatable bonds is 7. The summed E-state index contributed by atoms with van der Waals surface area (Å²) in [6, 6.07) is 0.686. The van der Waals surface area contributed by atoms with E-state index in [1.807, 2.05) is 11.8 Å². The fourth-order valence-electron chi connectivity index (χ4n) is 1.73. The summed E-state index contributed by atoms with van der Waals surface area (Å²) in [5.41, 5.74) is 0. The summed E-state index contributed by atoms with van der Waals surface area (Å²) in [6.07, 6.45) is 4.30. The first-order valence-electron chi connectivity index (χ1n) is 5.79. The van der Waals surface area contributed by atoms with Crippen LogP contribution < -0.4 is 5.32 Å². The van der Waals surface area contributed by atoms with E-state index >= 15 is 0 Å². The summed E-state index contributed by atoms with van der Waals surface area (Å²) in [4.78, 5) is 0. The highest BCUT2D eigenvalue weighted by atomic mass is 32.2. The summed E-state index contributed by atoms with van der Waals surface area (Å²) in [7, 11) is 0. The molecule has 0 radical (unpaired) electrons. The van der Waals surface area contributed by atoms with E-state index in [-0.39, 0.29) is 0 Å². The van der Waals surface area contributed by atoms with Crippen molar-refractivity contribution in [3.63, 3.8) is 0 Å². The molecule has 0 amide bonds. The Labute approximate surface area is 92.2 Å². The first-order valence-corrected chi connectivity index (χ1v) is 6.95. The van der Waals surface area contributed by atoms with Gasteiger partial charge in [-0.1, -0.05) is 13.8 Å². The molecule has 2 unspecified atom stereocenters. The molecule has 1 heterocycles. The van der Waals surface area contributed by atoms with Crippen LogP contribution >= 0.6 is 11.8 Å². The first kappa shape index (κ1) is 12.3. The van der Waals surface area contributed by atoms with E-state index in [0.29, 0.717) is 12.1 Å². The van der Waals surface area contributed by atoms with Crippen LogP contribution in [0.25, 0.3) is 0 Å². The molecule has 1 aliphatic heterocycles. The molecule has 0 bridgehead atoms. The highest BCUT2D eigenvalue weighted by molar-refractivity contribution is 7.99. The van der Waals surface area contributed by atoms with E-state index in [9.17, 15) is 0 Å². The van der Waals surface area contributed by atoms with Gasteiger partial charge in [0.2, 0.25) is 0 Å². The largest absolute Gasteiger partial charge is 0.377 e. The van der Waals surface area contributed by atoms with Gasteiger partial charge in [-0.05, 0) is 25.8 Å². The van der Waals surface area contributed by atoms with Crippen LogP contribution in [-0.4, -0.2) is 36.8 Å². The lowest BCUT2D eigenvalue weighted by Gasteiger charge is -2.16. The van der Waals surface area contributed by atoms with Crippen LogP contribution in [0.4, 0.5) is 0 Å². The molecule has 84 valence electrons. The van der Waals surface area contributed by atoms with E-state index in [2.05, 4.69) is 19.2 Å². The van der Waals surface area contributed by atoms with Crippen molar-refractivity contribution in [3.05, 3.63) is 0 Å². The van der Waals surface area contributed by atoms with Gasteiger partial charge in [0.25, 0.3) is 0 Å². The standard InChI is InChI=1S/C11H23NOS/c1-3-10(12-4-2)8-14-9-11-6-5-7-13-11/h10-12H,3-9H2,1-2H3. The Morgan fingerprint density at radius 3 is 2.93 bits per heavy atom. The average Bonchev–Trinajstić information content (AvgIpc) is 2.69. The van der Waals surface area contributed by atoms with Crippen LogP contribution in [0.5, 0.6) is 0 Å². The molecule has 0 aromatic heterocycles. The molecule has 0 aromatic rings. The molecule has 14 heavy (non-hydrogen) atoms. The molecule has 3 heteroatoms. The minimum absolute atomic E-state index is 0.541. The monoisotopic (exact) mass is 217 g/mol. The molecular formula is C11H23NOS. The third-order valence-corrected chi connectivity index (χ3v) is 3.88. The van der Waals surface area contributed by atoms with Gasteiger partial charge in [0.05, 0.1) is 6.10 Å². The number of hydrogen-bond donors (Lipinski definition) is 1. The van der Waals surface area contributed by atoms with E-state index in [1.54, 1.807) is 0 Å². The molecule has 0 aliphatic carbocycles. The zero-order valence-corrected chi connectivity index (χ0v) is 10.2. The maximum absolute atomic E-state index is 5.59. The van der Waals surface area contributed by atoms with Gasteiger partial charge in [0, 0.05) is 24.2 Å². The molecule has 1 aliphatic rings. The lowest BCUT2D eigenvalue weighted by atomic mass is 10.2. The first-order chi connectivity index (χ1) is 6.86. The van der Waals surface area contributed by atoms with Crippen LogP contribution in [0.2, 0.25) is 0 Å². The molecule has 1 saturated heterocycles. The van der Waals surface area contributed by atoms with Crippen molar-refractivity contribution in [1.29, 1.82) is 0 Å². The maximum Gasteiger partial charge on any atom is 0.0666 e. The Hall–Kier alpha value is 0.270. The summed E-state index contributed by atoms with van der Waals surface area (Å²) in [6.45, 7) is 6.49. The van der Waals surface area contributed by atoms with Crippen LogP contribution in [0.3, 0.4) is 0 Å². The van der Waals surface area contributed by atoms with Crippen molar-refractivity contribution in [2.24, 2.45) is 0 Å². The number of nitrogens with one attached hydrogen (secondary N) is 1. The second-order valence-electron chi connectivity index (χ2n) is 3.84. The normalized spacial score (nSPS) is 24.0. The minimum Gasteiger partial charge on any atom is -0.377 e. The van der Waals surface area contributed by atoms with Crippen molar-refractivity contribution in [3.8, 4) is 0 Å². The Morgan fingerprint density at radius 2 is 2.36 bits per heavy atom. The van der Waals surface area contributed by atoms with Crippen molar-refractivity contribution < 1.29 is 4.74 Å². The Morgan fingerprint density at radius 1 is 1.50 bits per heavy atom. The van der Waals surface area contributed by atoms with Gasteiger partial charge in [0.15, 0.2) is 0 Å². The van der Waals surface area contributed by atoms with Gasteiger partial charge in [-0.25, -0.2) is 0 Å². The quantitative estimate of drug-likeness (QED) is 0.707. The molecule has 0 spiro atoms. The van der Waals surface area contributed by atoms with Gasteiger partial charge in [-0.2, -0.15) is 11.8 Å². The topological polar surface area (TPSA) is 21.3 Å². The van der Waals surface area contributed by atoms with Crippen molar-refractivity contribution in [2.75, 3.05) is 24.7 Å². The van der Waals surface area contributed by atoms with E-state index < -0.39 is 0 Å². The van der Waals surface area contributed by atoms with Crippen molar-refractivity contribution >= 4 is 11.8 Å². The van der Waals surface area contributed by atoms with Gasteiger partial charge in [0.1, 0.15) is 0 Å². The minimum atomic E-state index is 0.541. The second-order valence-corrected chi connectivity index (χ2v) is 4.91. The lowest BCUT2D eigenvalue weighted by molar-refractivity contribution is 0.129. The van der Waals surface area contributed by atoms with E-state index in [0.717, 1.165) is 13.2 Å². The van der Waals surface area contributed by atoms with Gasteiger partial charge in [-0.3, -0.25) is 0 Å². The highest BCUT2D eigenvalue weighted by Crippen LogP contribution is 2.17. The van der Waals surface area contributed by atoms with Gasteiger partial charge in [-0.15, -0.1) is 0 Å². The Kier molecular flexibility index (Phi) is 6.65. The summed E-state index contributed by atoms with van der Waals surface area (Å²) in [5.74, 6) is 2.41. The lowest BCUT2D eigenvalue weighted by Crippen LogP contribution is -2.30. The zero-order valence-electron chi connectivity index (χ0n) is 9.42. The van der Waals surface area contributed by atoms with Gasteiger partial charge < -0.3 is 10.1 Å². The molecule has 0 saturated carbocycles. The Balaban J connectivity index is 2.00. The molecule has 0 aromatic carbocycles. The zero-order chi connectivity index (χ0) is 10.2. The number of thioether (sulfide) groups is 1. The van der Waals surface area contributed by atoms with Crippen LogP contribution in [0.15, 0.2) is 0 Å². The smallest absolute Gasteiger partial charge is 0.0666 e. The summed E-state index contributed by atoms with van der Waals surface area (Å²) >= 11 is 2.04. The molecular weight excluding hydrogens is 194 g/mol. The molecule has 1 fully saturated rings. The van der Waals surface area contributed by atoms with E-state index in [4.69, 9.17) is 4.74 Å². The number of hydrogen-bond acceptors (Lipinski definition) is 3. The molecule has 1 N–H and O–H groups in total. The predicted molar refractivity (Wildman–Crippen MR) is 64.1 cm³/mol. The Bertz CT molecular complexity index is 137. The third kappa shape index (κ3) is 4.67. The molecule has 2 atom stereocenters. The average molecular weight is 217 g/mol. The summed E-state index contributed by atoms with van der Waals surface area (Å²) < 4.78 is 5.59. The fraction of sp³-hybridized carbons (Fsp3) is 1.00. The molecule has 2 nitrogen and oxygen atoms in total. The predicted octanol–water partition coefficient (Wildman–Crippen LogP) is 2.29. The van der Waals surface area contributed by atoms with Crippen LogP contribution in [0, 0.1) is 0 Å². The van der Waals surface area contributed by atoms with Crippen LogP contribution in [-0.2, 0) is 4.74 Å². The maximum atomic E-state index is 5.59. The van der Waals surface area contributed by atoms with Crippen molar-refractivity contribution in [1.82, 2.24) is 5.32 Å². The van der Waals surface area contributed by atoms with Crippen LogP contribution in [0.1, 0.15) is 33.1 Å². The SMILES string of the molecule is CCNC(CC)CSCC1CCCO1. The highest BCUT2D eigenvalue weighted by Gasteiger charge is 2.15. The van der Waals surface area contributed by atoms with Gasteiger partial charge >= 0.3 is 0 Å². The summed E-state index contributed by atoms with van der Waals surface area (Å²) in [5, 5.41) is 3.50. The molecule has 1 rings (SSSR count). The third-order valence-electron chi connectivity index (χ3n) is 2.63. The van der Waals surface area contributed by atoms with Crippen molar-refractivity contribution in [2.45, 2.75) is 45.3 Å². The number of ether oxygens (including phenoxy) is 1. The second kappa shape index (κ2) is 7.55.